The molecule has 0 aliphatic rings. The van der Waals surface area contributed by atoms with Crippen LogP contribution in [-0.4, -0.2) is 44.3 Å². The quantitative estimate of drug-likeness (QED) is 0.159. The number of carbonyl (C=O) groups is 2. The molecule has 10 nitrogen and oxygen atoms in total. The molecule has 0 bridgehead atoms. The van der Waals surface area contributed by atoms with E-state index in [1.165, 1.54) is 32.4 Å². The Kier molecular flexibility index (Phi) is 12.5. The number of esters is 2. The van der Waals surface area contributed by atoms with Crippen LogP contribution in [-0.2, 0) is 9.47 Å². The maximum absolute atomic E-state index is 11.4. The maximum Gasteiger partial charge on any atom is 0.345 e. The normalized spacial score (nSPS) is 9.88. The topological polar surface area (TPSA) is 140 Å². The van der Waals surface area contributed by atoms with Crippen LogP contribution in [0.2, 0.25) is 0 Å². The second kappa shape index (κ2) is 15.1. The van der Waals surface area contributed by atoms with Gasteiger partial charge in [0.25, 0.3) is 5.69 Å². The summed E-state index contributed by atoms with van der Waals surface area (Å²) in [6.07, 6.45) is 3.91. The number of hydrogen-bond donors (Lipinski definition) is 1. The van der Waals surface area contributed by atoms with Crippen LogP contribution in [0.3, 0.4) is 0 Å². The fourth-order valence-electron chi connectivity index (χ4n) is 2.62. The number of benzene rings is 2. The minimum absolute atomic E-state index is 0.100. The summed E-state index contributed by atoms with van der Waals surface area (Å²) in [5.74, 6) is -0.126. The van der Waals surface area contributed by atoms with Crippen molar-refractivity contribution in [2.24, 2.45) is 0 Å². The Bertz CT molecular complexity index is 962. The van der Waals surface area contributed by atoms with E-state index in [1.54, 1.807) is 18.2 Å². The molecule has 0 saturated carbocycles. The third-order valence-electron chi connectivity index (χ3n) is 4.53. The van der Waals surface area contributed by atoms with Crippen molar-refractivity contribution in [2.45, 2.75) is 39.5 Å². The SMILES string of the molecule is CCCCOc1ccc(N)c(C(=O)OC)c1.CCCCOc1ccc([N+](=O)[O-])c(C(=O)OC)c1. The van der Waals surface area contributed by atoms with Crippen molar-refractivity contribution in [2.75, 3.05) is 33.2 Å². The van der Waals surface area contributed by atoms with Gasteiger partial charge in [-0.1, -0.05) is 26.7 Å². The molecule has 2 aromatic rings. The van der Waals surface area contributed by atoms with Crippen LogP contribution in [0, 0.1) is 10.1 Å². The van der Waals surface area contributed by atoms with E-state index < -0.39 is 16.9 Å². The van der Waals surface area contributed by atoms with E-state index in [4.69, 9.17) is 15.2 Å². The van der Waals surface area contributed by atoms with Crippen LogP contribution in [0.15, 0.2) is 36.4 Å². The lowest BCUT2D eigenvalue weighted by molar-refractivity contribution is -0.385. The molecular weight excluding hydrogens is 444 g/mol. The molecule has 0 fully saturated rings. The van der Waals surface area contributed by atoms with Crippen LogP contribution in [0.25, 0.3) is 0 Å². The summed E-state index contributed by atoms with van der Waals surface area (Å²) >= 11 is 0. The highest BCUT2D eigenvalue weighted by atomic mass is 16.6. The molecule has 0 atom stereocenters. The fraction of sp³-hybridized carbons (Fsp3) is 0.417. The summed E-state index contributed by atoms with van der Waals surface area (Å²) in [6.45, 7) is 5.27. The maximum atomic E-state index is 11.4. The second-order valence-corrected chi connectivity index (χ2v) is 7.07. The molecule has 0 radical (unpaired) electrons. The Labute approximate surface area is 199 Å². The van der Waals surface area contributed by atoms with Crippen molar-refractivity contribution in [1.82, 2.24) is 0 Å². The van der Waals surface area contributed by atoms with Crippen molar-refractivity contribution in [3.63, 3.8) is 0 Å². The number of nitro groups is 1. The molecule has 0 aliphatic heterocycles. The molecule has 0 unspecified atom stereocenters. The molecule has 2 rings (SSSR count). The molecule has 0 spiro atoms. The number of unbranched alkanes of at least 4 members (excludes halogenated alkanes) is 2. The van der Waals surface area contributed by atoms with Crippen LogP contribution in [0.5, 0.6) is 11.5 Å². The third kappa shape index (κ3) is 8.97. The standard InChI is InChI=1S/C12H15NO5.C12H17NO3/c1-3-4-7-18-9-5-6-11(13(15)16)10(8-9)12(14)17-2;1-3-4-7-16-9-5-6-11(13)10(8-9)12(14)15-2/h5-6,8H,3-4,7H2,1-2H3;5-6,8H,3-4,7,13H2,1-2H3. The minimum Gasteiger partial charge on any atom is -0.494 e. The van der Waals surface area contributed by atoms with Gasteiger partial charge in [0.1, 0.15) is 17.1 Å². The molecule has 2 aromatic carbocycles. The molecule has 0 aliphatic carbocycles. The molecule has 2 N–H and O–H groups in total. The van der Waals surface area contributed by atoms with E-state index in [9.17, 15) is 19.7 Å². The first kappa shape index (κ1) is 28.2. The van der Waals surface area contributed by atoms with Crippen LogP contribution in [0.1, 0.15) is 60.2 Å². The van der Waals surface area contributed by atoms with Crippen molar-refractivity contribution < 1.29 is 33.5 Å². The van der Waals surface area contributed by atoms with E-state index in [-0.39, 0.29) is 11.3 Å². The number of carbonyl (C=O) groups excluding carboxylic acids is 2. The van der Waals surface area contributed by atoms with E-state index >= 15 is 0 Å². The Morgan fingerprint density at radius 2 is 1.32 bits per heavy atom. The van der Waals surface area contributed by atoms with E-state index in [0.29, 0.717) is 36.0 Å². The highest BCUT2D eigenvalue weighted by Crippen LogP contribution is 2.25. The zero-order valence-electron chi connectivity index (χ0n) is 20.0. The number of rotatable bonds is 11. The molecular formula is C24H32N2O8. The zero-order valence-corrected chi connectivity index (χ0v) is 20.0. The summed E-state index contributed by atoms with van der Waals surface area (Å²) in [4.78, 5) is 32.9. The second-order valence-electron chi connectivity index (χ2n) is 7.07. The van der Waals surface area contributed by atoms with Crippen LogP contribution >= 0.6 is 0 Å². The van der Waals surface area contributed by atoms with Gasteiger partial charge >= 0.3 is 11.9 Å². The van der Waals surface area contributed by atoms with Crippen LogP contribution in [0.4, 0.5) is 11.4 Å². The van der Waals surface area contributed by atoms with Crippen molar-refractivity contribution in [3.8, 4) is 11.5 Å². The number of hydrogen-bond acceptors (Lipinski definition) is 9. The van der Waals surface area contributed by atoms with Gasteiger partial charge < -0.3 is 24.7 Å². The lowest BCUT2D eigenvalue weighted by Crippen LogP contribution is -2.06. The Morgan fingerprint density at radius 3 is 1.79 bits per heavy atom. The first-order valence-corrected chi connectivity index (χ1v) is 10.9. The molecule has 0 aromatic heterocycles. The minimum atomic E-state index is -0.748. The van der Waals surface area contributed by atoms with Gasteiger partial charge in [-0.15, -0.1) is 0 Å². The summed E-state index contributed by atoms with van der Waals surface area (Å²) in [7, 11) is 2.50. The first-order chi connectivity index (χ1) is 16.3. The smallest absolute Gasteiger partial charge is 0.345 e. The average molecular weight is 477 g/mol. The van der Waals surface area contributed by atoms with Gasteiger partial charge in [-0.3, -0.25) is 10.1 Å². The van der Waals surface area contributed by atoms with E-state index in [1.807, 2.05) is 6.92 Å². The number of methoxy groups -OCH3 is 2. The largest absolute Gasteiger partial charge is 0.494 e. The van der Waals surface area contributed by atoms with Gasteiger partial charge in [0.2, 0.25) is 0 Å². The number of nitrogens with zero attached hydrogens (tertiary/aromatic N) is 1. The summed E-state index contributed by atoms with van der Waals surface area (Å²) in [5, 5.41) is 10.8. The lowest BCUT2D eigenvalue weighted by Gasteiger charge is -2.08. The molecule has 186 valence electrons. The van der Waals surface area contributed by atoms with Crippen LogP contribution < -0.4 is 15.2 Å². The fourth-order valence-corrected chi connectivity index (χ4v) is 2.62. The highest BCUT2D eigenvalue weighted by Gasteiger charge is 2.21. The van der Waals surface area contributed by atoms with Gasteiger partial charge in [0.05, 0.1) is 37.9 Å². The first-order valence-electron chi connectivity index (χ1n) is 10.9. The van der Waals surface area contributed by atoms with Crippen molar-refractivity contribution in [3.05, 3.63) is 57.6 Å². The molecule has 0 saturated heterocycles. The zero-order chi connectivity index (χ0) is 25.5. The van der Waals surface area contributed by atoms with Gasteiger partial charge in [0, 0.05) is 17.8 Å². The highest BCUT2D eigenvalue weighted by molar-refractivity contribution is 5.95. The predicted octanol–water partition coefficient (Wildman–Crippen LogP) is 4.79. The Balaban J connectivity index is 0.000000342. The monoisotopic (exact) mass is 476 g/mol. The number of nitrogen functional groups attached to an aromatic ring is 1. The Morgan fingerprint density at radius 1 is 0.853 bits per heavy atom. The molecule has 34 heavy (non-hydrogen) atoms. The molecule has 0 amide bonds. The van der Waals surface area contributed by atoms with Crippen molar-refractivity contribution in [1.29, 1.82) is 0 Å². The number of ether oxygens (including phenoxy) is 4. The number of nitrogens with two attached hydrogens (primary N) is 1. The number of nitro benzene ring substituents is 1. The average Bonchev–Trinajstić information content (AvgIpc) is 2.84. The number of anilines is 1. The van der Waals surface area contributed by atoms with Crippen molar-refractivity contribution >= 4 is 23.3 Å². The third-order valence-corrected chi connectivity index (χ3v) is 4.53. The van der Waals surface area contributed by atoms with E-state index in [2.05, 4.69) is 16.4 Å². The summed E-state index contributed by atoms with van der Waals surface area (Å²) in [6, 6.07) is 9.05. The predicted molar refractivity (Wildman–Crippen MR) is 127 cm³/mol. The lowest BCUT2D eigenvalue weighted by atomic mass is 10.1. The van der Waals surface area contributed by atoms with Gasteiger partial charge in [-0.2, -0.15) is 0 Å². The van der Waals surface area contributed by atoms with Gasteiger partial charge in [-0.05, 0) is 37.1 Å². The van der Waals surface area contributed by atoms with E-state index in [0.717, 1.165) is 25.7 Å². The molecule has 0 heterocycles. The summed E-state index contributed by atoms with van der Waals surface area (Å²) in [5.41, 5.74) is 6.02. The Hall–Kier alpha value is -3.82. The summed E-state index contributed by atoms with van der Waals surface area (Å²) < 4.78 is 20.0. The van der Waals surface area contributed by atoms with Gasteiger partial charge in [0.15, 0.2) is 0 Å². The van der Waals surface area contributed by atoms with Gasteiger partial charge in [-0.25, -0.2) is 9.59 Å². The molecule has 10 heteroatoms.